The summed E-state index contributed by atoms with van der Waals surface area (Å²) in [5.74, 6) is -0.719. The van der Waals surface area contributed by atoms with Crippen molar-refractivity contribution in [1.82, 2.24) is 0 Å². The highest BCUT2D eigenvalue weighted by atomic mass is 31.2. The number of cyclic esters (lactones) is 1. The van der Waals surface area contributed by atoms with Gasteiger partial charge in [0, 0.05) is 12.3 Å². The number of ether oxygens (including phenoxy) is 1. The van der Waals surface area contributed by atoms with Gasteiger partial charge in [-0.05, 0) is 51.5 Å². The topological polar surface area (TPSA) is 113 Å². The Morgan fingerprint density at radius 2 is 1.92 bits per heavy atom. The maximum atomic E-state index is 12.7. The van der Waals surface area contributed by atoms with Crippen molar-refractivity contribution < 1.29 is 33.5 Å². The minimum absolute atomic E-state index is 0.00669. The Labute approximate surface area is 233 Å². The molecule has 216 valence electrons. The maximum absolute atomic E-state index is 12.7. The lowest BCUT2D eigenvalue weighted by atomic mass is 9.93. The standard InChI is InChI=1S/C31H45O7P/c1-6-16-24(2)21-22-28-18-15-14-17-25(3)30(38-39(34,35)36)20-13-11-9-7-8-10-12-19-29(32)27(5)26(4)23-31(33)37-28/h6-10,12,14-17,19,27-30,32H,1,4,11,13,18,20-23H2,2-3,5H3,(H2,34,35,36)/b9-7-,10-8-,15-14-,19-12+,24-16+,25-17-/t27-,28+,29+,30-/m0/s1. The molecule has 4 atom stereocenters. The minimum Gasteiger partial charge on any atom is -0.462 e. The normalized spacial score (nSPS) is 30.0. The molecule has 0 saturated heterocycles. The average Bonchev–Trinajstić information content (AvgIpc) is 2.85. The molecule has 0 bridgehead atoms. The number of hydrogen-bond donors (Lipinski definition) is 3. The number of carbonyl (C=O) groups excluding carboxylic acids is 1. The van der Waals surface area contributed by atoms with E-state index in [0.29, 0.717) is 43.3 Å². The molecule has 0 radical (unpaired) electrons. The van der Waals surface area contributed by atoms with Crippen LogP contribution >= 0.6 is 7.82 Å². The number of aliphatic hydroxyl groups excluding tert-OH is 1. The third kappa shape index (κ3) is 16.2. The summed E-state index contributed by atoms with van der Waals surface area (Å²) in [5.41, 5.74) is 2.40. The van der Waals surface area contributed by atoms with Crippen molar-refractivity contribution >= 4 is 13.8 Å². The van der Waals surface area contributed by atoms with Crippen LogP contribution in [0.15, 0.2) is 96.7 Å². The summed E-state index contributed by atoms with van der Waals surface area (Å²) in [4.78, 5) is 31.5. The predicted molar refractivity (Wildman–Crippen MR) is 158 cm³/mol. The summed E-state index contributed by atoms with van der Waals surface area (Å²) in [6.07, 6.45) is 21.7. The van der Waals surface area contributed by atoms with Gasteiger partial charge in [-0.1, -0.05) is 98.1 Å². The number of rotatable bonds is 6. The van der Waals surface area contributed by atoms with E-state index >= 15 is 0 Å². The first-order valence-corrected chi connectivity index (χ1v) is 14.9. The van der Waals surface area contributed by atoms with Crippen LogP contribution < -0.4 is 0 Å². The lowest BCUT2D eigenvalue weighted by Crippen LogP contribution is -2.22. The molecule has 0 spiro atoms. The maximum Gasteiger partial charge on any atom is 0.470 e. The first kappa shape index (κ1) is 34.5. The van der Waals surface area contributed by atoms with E-state index in [2.05, 4.69) is 13.2 Å². The van der Waals surface area contributed by atoms with Crippen LogP contribution in [-0.4, -0.2) is 39.2 Å². The van der Waals surface area contributed by atoms with Crippen LogP contribution in [0.4, 0.5) is 0 Å². The fraction of sp³-hybridized carbons (Fsp3) is 0.452. The van der Waals surface area contributed by atoms with Gasteiger partial charge in [0.25, 0.3) is 0 Å². The number of allylic oxidation sites excluding steroid dienone is 10. The number of phosphoric acid groups is 1. The third-order valence-electron chi connectivity index (χ3n) is 6.37. The summed E-state index contributed by atoms with van der Waals surface area (Å²) in [5, 5.41) is 10.5. The zero-order valence-electron chi connectivity index (χ0n) is 23.4. The van der Waals surface area contributed by atoms with Crippen molar-refractivity contribution in [1.29, 1.82) is 0 Å². The predicted octanol–water partition coefficient (Wildman–Crippen LogP) is 6.98. The molecule has 39 heavy (non-hydrogen) atoms. The van der Waals surface area contributed by atoms with Gasteiger partial charge in [0.1, 0.15) is 6.10 Å². The van der Waals surface area contributed by atoms with Crippen LogP contribution in [0.25, 0.3) is 0 Å². The Morgan fingerprint density at radius 3 is 2.62 bits per heavy atom. The fourth-order valence-electron chi connectivity index (χ4n) is 3.87. The lowest BCUT2D eigenvalue weighted by molar-refractivity contribution is -0.148. The molecule has 0 aromatic rings. The van der Waals surface area contributed by atoms with Gasteiger partial charge in [0.2, 0.25) is 0 Å². The van der Waals surface area contributed by atoms with Crippen molar-refractivity contribution in [3.05, 3.63) is 96.7 Å². The van der Waals surface area contributed by atoms with Gasteiger partial charge in [0.05, 0.1) is 18.6 Å². The van der Waals surface area contributed by atoms with E-state index in [1.54, 1.807) is 43.4 Å². The quantitative estimate of drug-likeness (QED) is 0.139. The molecule has 0 unspecified atom stereocenters. The second-order valence-electron chi connectivity index (χ2n) is 9.80. The number of aliphatic hydroxyl groups is 1. The van der Waals surface area contributed by atoms with Gasteiger partial charge in [-0.25, -0.2) is 4.57 Å². The second-order valence-corrected chi connectivity index (χ2v) is 11.0. The molecule has 3 N–H and O–H groups in total. The van der Waals surface area contributed by atoms with Gasteiger partial charge >= 0.3 is 13.8 Å². The zero-order valence-corrected chi connectivity index (χ0v) is 24.3. The SMILES string of the molecule is C=C/C=C(\C)CC[C@H]1C/C=C\C=C(\C)[C@@H](OP(=O)(O)O)CCC\C=C/C=C\C=C\[C@@H](O)[C@@H](C)C(=C)CC(=O)O1. The summed E-state index contributed by atoms with van der Waals surface area (Å²) >= 11 is 0. The lowest BCUT2D eigenvalue weighted by Gasteiger charge is -2.21. The van der Waals surface area contributed by atoms with Gasteiger partial charge in [-0.3, -0.25) is 9.32 Å². The smallest absolute Gasteiger partial charge is 0.462 e. The molecule has 8 heteroatoms. The molecular formula is C31H45O7P. The first-order valence-electron chi connectivity index (χ1n) is 13.3. The largest absolute Gasteiger partial charge is 0.470 e. The molecule has 1 rings (SSSR count). The molecule has 0 aliphatic carbocycles. The molecule has 0 aromatic heterocycles. The van der Waals surface area contributed by atoms with Crippen molar-refractivity contribution in [3.8, 4) is 0 Å². The Balaban J connectivity index is 3.16. The van der Waals surface area contributed by atoms with E-state index < -0.39 is 26.0 Å². The first-order chi connectivity index (χ1) is 18.4. The van der Waals surface area contributed by atoms with E-state index in [4.69, 9.17) is 9.26 Å². The van der Waals surface area contributed by atoms with Crippen LogP contribution in [0, 0.1) is 5.92 Å². The molecule has 0 amide bonds. The molecule has 0 aromatic carbocycles. The summed E-state index contributed by atoms with van der Waals surface area (Å²) in [7, 11) is -4.66. The van der Waals surface area contributed by atoms with Crippen LogP contribution in [0.5, 0.6) is 0 Å². The zero-order chi connectivity index (χ0) is 29.3. The number of esters is 1. The highest BCUT2D eigenvalue weighted by molar-refractivity contribution is 7.46. The van der Waals surface area contributed by atoms with Gasteiger partial charge in [-0.15, -0.1) is 0 Å². The highest BCUT2D eigenvalue weighted by Gasteiger charge is 2.23. The van der Waals surface area contributed by atoms with Gasteiger partial charge in [-0.2, -0.15) is 0 Å². The van der Waals surface area contributed by atoms with Crippen molar-refractivity contribution in [2.45, 2.75) is 84.0 Å². The number of carbonyl (C=O) groups is 1. The van der Waals surface area contributed by atoms with E-state index in [0.717, 1.165) is 12.0 Å². The molecule has 0 saturated carbocycles. The van der Waals surface area contributed by atoms with Crippen molar-refractivity contribution in [2.75, 3.05) is 0 Å². The van der Waals surface area contributed by atoms with E-state index in [1.807, 2.05) is 44.2 Å². The van der Waals surface area contributed by atoms with E-state index in [-0.39, 0.29) is 18.4 Å². The molecule has 1 aliphatic heterocycles. The van der Waals surface area contributed by atoms with Crippen molar-refractivity contribution in [3.63, 3.8) is 0 Å². The van der Waals surface area contributed by atoms with E-state index in [9.17, 15) is 24.3 Å². The highest BCUT2D eigenvalue weighted by Crippen LogP contribution is 2.40. The Kier molecular flexibility index (Phi) is 16.5. The fourth-order valence-corrected chi connectivity index (χ4v) is 4.47. The van der Waals surface area contributed by atoms with Crippen LogP contribution in [0.3, 0.4) is 0 Å². The average molecular weight is 561 g/mol. The molecule has 1 heterocycles. The van der Waals surface area contributed by atoms with Crippen LogP contribution in [0.2, 0.25) is 0 Å². The molecular weight excluding hydrogens is 515 g/mol. The third-order valence-corrected chi connectivity index (χ3v) is 6.90. The number of phosphoric ester groups is 1. The second kappa shape index (κ2) is 18.7. The van der Waals surface area contributed by atoms with Gasteiger partial charge < -0.3 is 19.6 Å². The monoisotopic (exact) mass is 560 g/mol. The van der Waals surface area contributed by atoms with Crippen LogP contribution in [-0.2, 0) is 18.6 Å². The van der Waals surface area contributed by atoms with E-state index in [1.165, 1.54) is 0 Å². The number of hydrogen-bond acceptors (Lipinski definition) is 5. The summed E-state index contributed by atoms with van der Waals surface area (Å²) in [6, 6.07) is 0. The Bertz CT molecular complexity index is 1030. The Morgan fingerprint density at radius 1 is 1.21 bits per heavy atom. The minimum atomic E-state index is -4.66. The molecule has 7 nitrogen and oxygen atoms in total. The summed E-state index contributed by atoms with van der Waals surface area (Å²) in [6.45, 7) is 13.3. The molecule has 0 fully saturated rings. The van der Waals surface area contributed by atoms with Crippen molar-refractivity contribution in [2.24, 2.45) is 5.92 Å². The van der Waals surface area contributed by atoms with Crippen LogP contribution in [0.1, 0.15) is 65.7 Å². The van der Waals surface area contributed by atoms with Gasteiger partial charge in [0.15, 0.2) is 0 Å². The Hall–Kier alpha value is -2.54. The molecule has 1 aliphatic rings. The summed E-state index contributed by atoms with van der Waals surface area (Å²) < 4.78 is 22.3.